The van der Waals surface area contributed by atoms with E-state index >= 15 is 0 Å². The number of hydrogen-bond donors (Lipinski definition) is 0. The Morgan fingerprint density at radius 1 is 0.950 bits per heavy atom. The Kier molecular flexibility index (Phi) is 3.33. The number of para-hydroxylation sites is 1. The third-order valence-corrected chi connectivity index (χ3v) is 3.37. The van der Waals surface area contributed by atoms with Gasteiger partial charge in [-0.05, 0) is 42.3 Å². The van der Waals surface area contributed by atoms with Crippen LogP contribution < -0.4 is 14.2 Å². The summed E-state index contributed by atoms with van der Waals surface area (Å²) < 4.78 is 16.5. The van der Waals surface area contributed by atoms with Gasteiger partial charge in [-0.1, -0.05) is 18.2 Å². The standard InChI is InChI=1S/C17H16O3/c1-18-16-10-8-13(11-17(16)19-2)15-9-7-12-5-3-4-6-14(12)20-15/h3-6,8-11H,7H2,1-2H3. The van der Waals surface area contributed by atoms with E-state index in [1.54, 1.807) is 14.2 Å². The van der Waals surface area contributed by atoms with Crippen LogP contribution >= 0.6 is 0 Å². The summed E-state index contributed by atoms with van der Waals surface area (Å²) in [4.78, 5) is 0. The summed E-state index contributed by atoms with van der Waals surface area (Å²) in [5.74, 6) is 3.19. The molecule has 0 fully saturated rings. The smallest absolute Gasteiger partial charge is 0.161 e. The average Bonchev–Trinajstić information content (AvgIpc) is 2.53. The lowest BCUT2D eigenvalue weighted by molar-refractivity contribution is 0.354. The van der Waals surface area contributed by atoms with E-state index in [2.05, 4.69) is 12.1 Å². The van der Waals surface area contributed by atoms with Crippen molar-refractivity contribution in [3.8, 4) is 17.2 Å². The minimum Gasteiger partial charge on any atom is -0.493 e. The van der Waals surface area contributed by atoms with Gasteiger partial charge in [0.15, 0.2) is 11.5 Å². The van der Waals surface area contributed by atoms with Gasteiger partial charge >= 0.3 is 0 Å². The molecule has 0 unspecified atom stereocenters. The molecule has 0 bridgehead atoms. The van der Waals surface area contributed by atoms with E-state index in [-0.39, 0.29) is 0 Å². The highest BCUT2D eigenvalue weighted by molar-refractivity contribution is 5.67. The van der Waals surface area contributed by atoms with Gasteiger partial charge in [-0.25, -0.2) is 0 Å². The molecule has 0 saturated heterocycles. The fraction of sp³-hybridized carbons (Fsp3) is 0.176. The van der Waals surface area contributed by atoms with Crippen LogP contribution in [0.4, 0.5) is 0 Å². The first-order valence-electron chi connectivity index (χ1n) is 6.50. The summed E-state index contributed by atoms with van der Waals surface area (Å²) in [6, 6.07) is 13.9. The maximum Gasteiger partial charge on any atom is 0.161 e. The second-order valence-corrected chi connectivity index (χ2v) is 4.55. The van der Waals surface area contributed by atoms with Gasteiger partial charge in [-0.15, -0.1) is 0 Å². The zero-order valence-corrected chi connectivity index (χ0v) is 11.6. The minimum atomic E-state index is 0.702. The van der Waals surface area contributed by atoms with Crippen molar-refractivity contribution in [1.82, 2.24) is 0 Å². The molecule has 0 aromatic heterocycles. The zero-order valence-electron chi connectivity index (χ0n) is 11.6. The van der Waals surface area contributed by atoms with Crippen LogP contribution in [0.5, 0.6) is 17.2 Å². The van der Waals surface area contributed by atoms with Crippen LogP contribution in [0.2, 0.25) is 0 Å². The predicted molar refractivity (Wildman–Crippen MR) is 78.3 cm³/mol. The van der Waals surface area contributed by atoms with Crippen LogP contribution in [0.1, 0.15) is 11.1 Å². The lowest BCUT2D eigenvalue weighted by atomic mass is 10.0. The van der Waals surface area contributed by atoms with Crippen molar-refractivity contribution < 1.29 is 14.2 Å². The maximum atomic E-state index is 5.96. The summed E-state index contributed by atoms with van der Waals surface area (Å²) >= 11 is 0. The van der Waals surface area contributed by atoms with Crippen molar-refractivity contribution in [1.29, 1.82) is 0 Å². The molecule has 1 aliphatic heterocycles. The van der Waals surface area contributed by atoms with Gasteiger partial charge in [0.05, 0.1) is 14.2 Å². The van der Waals surface area contributed by atoms with Gasteiger partial charge in [0.1, 0.15) is 11.5 Å². The fourth-order valence-electron chi connectivity index (χ4n) is 2.30. The molecule has 1 heterocycles. The van der Waals surface area contributed by atoms with Crippen molar-refractivity contribution in [2.24, 2.45) is 0 Å². The quantitative estimate of drug-likeness (QED) is 0.850. The number of ether oxygens (including phenoxy) is 3. The topological polar surface area (TPSA) is 27.7 Å². The Morgan fingerprint density at radius 2 is 1.75 bits per heavy atom. The number of hydrogen-bond acceptors (Lipinski definition) is 3. The number of rotatable bonds is 3. The summed E-state index contributed by atoms with van der Waals surface area (Å²) in [6.45, 7) is 0. The third kappa shape index (κ3) is 2.23. The molecule has 0 aliphatic carbocycles. The van der Waals surface area contributed by atoms with E-state index in [1.165, 1.54) is 5.56 Å². The summed E-state index contributed by atoms with van der Waals surface area (Å²) in [6.07, 6.45) is 2.96. The Balaban J connectivity index is 1.93. The molecule has 3 nitrogen and oxygen atoms in total. The van der Waals surface area contributed by atoms with Crippen molar-refractivity contribution in [3.05, 3.63) is 59.7 Å². The zero-order chi connectivity index (χ0) is 13.9. The molecular weight excluding hydrogens is 252 g/mol. The van der Waals surface area contributed by atoms with E-state index in [1.807, 2.05) is 36.4 Å². The van der Waals surface area contributed by atoms with Crippen molar-refractivity contribution in [3.63, 3.8) is 0 Å². The minimum absolute atomic E-state index is 0.702. The molecule has 0 radical (unpaired) electrons. The molecule has 1 aliphatic rings. The van der Waals surface area contributed by atoms with Crippen LogP contribution in [-0.4, -0.2) is 14.2 Å². The summed E-state index contributed by atoms with van der Waals surface area (Å²) in [7, 11) is 3.26. The predicted octanol–water partition coefficient (Wildman–Crippen LogP) is 3.68. The first-order valence-corrected chi connectivity index (χ1v) is 6.50. The molecule has 0 N–H and O–H groups in total. The molecule has 0 saturated carbocycles. The molecular formula is C17H16O3. The van der Waals surface area contributed by atoms with Crippen LogP contribution in [0.25, 0.3) is 5.76 Å². The molecule has 2 aromatic rings. The third-order valence-electron chi connectivity index (χ3n) is 3.37. The Labute approximate surface area is 118 Å². The molecule has 3 rings (SSSR count). The lowest BCUT2D eigenvalue weighted by Crippen LogP contribution is -2.04. The first kappa shape index (κ1) is 12.6. The van der Waals surface area contributed by atoms with Crippen LogP contribution in [0.15, 0.2) is 48.5 Å². The molecule has 102 valence electrons. The summed E-state index contributed by atoms with van der Waals surface area (Å²) in [5.41, 5.74) is 2.19. The largest absolute Gasteiger partial charge is 0.493 e. The van der Waals surface area contributed by atoms with Crippen LogP contribution in [0.3, 0.4) is 0 Å². The fourth-order valence-corrected chi connectivity index (χ4v) is 2.30. The van der Waals surface area contributed by atoms with E-state index in [0.29, 0.717) is 11.5 Å². The lowest BCUT2D eigenvalue weighted by Gasteiger charge is -2.19. The molecule has 3 heteroatoms. The van der Waals surface area contributed by atoms with E-state index in [4.69, 9.17) is 14.2 Å². The second kappa shape index (κ2) is 5.29. The normalized spacial score (nSPS) is 13.0. The van der Waals surface area contributed by atoms with Gasteiger partial charge in [-0.3, -0.25) is 0 Å². The molecule has 20 heavy (non-hydrogen) atoms. The number of allylic oxidation sites excluding steroid dienone is 1. The monoisotopic (exact) mass is 268 g/mol. The maximum absolute atomic E-state index is 5.96. The second-order valence-electron chi connectivity index (χ2n) is 4.55. The van der Waals surface area contributed by atoms with Crippen molar-refractivity contribution in [2.75, 3.05) is 14.2 Å². The van der Waals surface area contributed by atoms with E-state index in [0.717, 1.165) is 23.5 Å². The Morgan fingerprint density at radius 3 is 2.55 bits per heavy atom. The highest BCUT2D eigenvalue weighted by atomic mass is 16.5. The van der Waals surface area contributed by atoms with Gasteiger partial charge in [0.2, 0.25) is 0 Å². The van der Waals surface area contributed by atoms with Gasteiger partial charge in [0, 0.05) is 5.56 Å². The van der Waals surface area contributed by atoms with Gasteiger partial charge in [-0.2, -0.15) is 0 Å². The number of benzene rings is 2. The molecule has 0 spiro atoms. The van der Waals surface area contributed by atoms with Crippen LogP contribution in [-0.2, 0) is 6.42 Å². The molecule has 0 amide bonds. The Bertz CT molecular complexity index is 659. The number of methoxy groups -OCH3 is 2. The van der Waals surface area contributed by atoms with E-state index < -0.39 is 0 Å². The number of fused-ring (bicyclic) bond motifs is 1. The highest BCUT2D eigenvalue weighted by Crippen LogP contribution is 2.34. The SMILES string of the molecule is COc1ccc(C2=CCc3ccccc3O2)cc1OC. The van der Waals surface area contributed by atoms with Gasteiger partial charge in [0.25, 0.3) is 0 Å². The van der Waals surface area contributed by atoms with Crippen molar-refractivity contribution >= 4 is 5.76 Å². The first-order chi connectivity index (χ1) is 9.81. The Hall–Kier alpha value is -2.42. The van der Waals surface area contributed by atoms with E-state index in [9.17, 15) is 0 Å². The van der Waals surface area contributed by atoms with Crippen molar-refractivity contribution in [2.45, 2.75) is 6.42 Å². The van der Waals surface area contributed by atoms with Crippen LogP contribution in [0, 0.1) is 0 Å². The molecule has 2 aromatic carbocycles. The average molecular weight is 268 g/mol. The van der Waals surface area contributed by atoms with Gasteiger partial charge < -0.3 is 14.2 Å². The molecule has 0 atom stereocenters. The highest BCUT2D eigenvalue weighted by Gasteiger charge is 2.15. The summed E-state index contributed by atoms with van der Waals surface area (Å²) in [5, 5.41) is 0.